The average molecular weight is 536 g/mol. The monoisotopic (exact) mass is 535 g/mol. The van der Waals surface area contributed by atoms with E-state index in [1.165, 1.54) is 15.3 Å². The second-order valence-electron chi connectivity index (χ2n) is 9.40. The number of hydrogen-bond acceptors (Lipinski definition) is 6. The summed E-state index contributed by atoms with van der Waals surface area (Å²) in [4.78, 5) is 27.4. The summed E-state index contributed by atoms with van der Waals surface area (Å²) in [7, 11) is -3.65. The summed E-state index contributed by atoms with van der Waals surface area (Å²) in [5.41, 5.74) is 0.682. The van der Waals surface area contributed by atoms with E-state index in [2.05, 4.69) is 5.32 Å². The maximum absolute atomic E-state index is 14.4. The Labute approximate surface area is 217 Å². The lowest BCUT2D eigenvalue weighted by molar-refractivity contribution is -0.140. The van der Waals surface area contributed by atoms with Gasteiger partial charge in [0.25, 0.3) is 0 Å². The number of hydrogen-bond donors (Lipinski definition) is 1. The molecule has 0 aromatic heterocycles. The zero-order chi connectivity index (χ0) is 27.2. The van der Waals surface area contributed by atoms with E-state index >= 15 is 0 Å². The van der Waals surface area contributed by atoms with Crippen molar-refractivity contribution in [1.29, 1.82) is 0 Å². The highest BCUT2D eigenvalue weighted by atomic mass is 32.2. The first-order valence-electron chi connectivity index (χ1n) is 12.1. The van der Waals surface area contributed by atoms with Crippen molar-refractivity contribution in [2.75, 3.05) is 30.4 Å². The van der Waals surface area contributed by atoms with Gasteiger partial charge in [0.15, 0.2) is 11.5 Å². The molecule has 0 radical (unpaired) electrons. The number of sulfonamides is 1. The van der Waals surface area contributed by atoms with Gasteiger partial charge in [-0.3, -0.25) is 13.9 Å². The Kier molecular flexibility index (Phi) is 9.36. The van der Waals surface area contributed by atoms with Crippen molar-refractivity contribution in [1.82, 2.24) is 10.2 Å². The number of amides is 2. The molecule has 202 valence electrons. The topological polar surface area (TPSA) is 105 Å². The van der Waals surface area contributed by atoms with E-state index in [0.29, 0.717) is 23.7 Å². The lowest BCUT2D eigenvalue weighted by atomic mass is 10.1. The van der Waals surface area contributed by atoms with Crippen LogP contribution in [0.15, 0.2) is 42.5 Å². The fraction of sp³-hybridized carbons (Fsp3) is 0.462. The molecular weight excluding hydrogens is 501 g/mol. The minimum Gasteiger partial charge on any atom is -0.454 e. The molecule has 2 aromatic rings. The number of fused-ring (bicyclic) bond motifs is 1. The third-order valence-corrected chi connectivity index (χ3v) is 7.14. The predicted molar refractivity (Wildman–Crippen MR) is 138 cm³/mol. The Bertz CT molecular complexity index is 1220. The number of nitrogens with zero attached hydrogens (tertiary/aromatic N) is 2. The molecule has 0 bridgehead atoms. The van der Waals surface area contributed by atoms with Crippen molar-refractivity contribution in [2.24, 2.45) is 5.92 Å². The summed E-state index contributed by atoms with van der Waals surface area (Å²) in [5.74, 6) is 0.0118. The number of halogens is 1. The summed E-state index contributed by atoms with van der Waals surface area (Å²) < 4.78 is 51.2. The average Bonchev–Trinajstić information content (AvgIpc) is 3.31. The molecule has 2 aromatic carbocycles. The second kappa shape index (κ2) is 12.3. The van der Waals surface area contributed by atoms with Crippen LogP contribution in [-0.2, 0) is 26.2 Å². The lowest BCUT2D eigenvalue weighted by Crippen LogP contribution is -2.48. The highest BCUT2D eigenvalue weighted by Gasteiger charge is 2.28. The number of nitrogens with one attached hydrogen (secondary N) is 1. The Balaban J connectivity index is 1.73. The minimum absolute atomic E-state index is 0.0334. The van der Waals surface area contributed by atoms with Crippen LogP contribution in [0.2, 0.25) is 0 Å². The molecule has 1 N–H and O–H groups in total. The van der Waals surface area contributed by atoms with Gasteiger partial charge in [0.1, 0.15) is 11.9 Å². The summed E-state index contributed by atoms with van der Waals surface area (Å²) in [5, 5.41) is 2.82. The van der Waals surface area contributed by atoms with Gasteiger partial charge in [-0.1, -0.05) is 32.0 Å². The Hall–Kier alpha value is -3.34. The van der Waals surface area contributed by atoms with Gasteiger partial charge in [-0.25, -0.2) is 12.8 Å². The summed E-state index contributed by atoms with van der Waals surface area (Å²) in [6, 6.07) is 10.1. The predicted octanol–water partition coefficient (Wildman–Crippen LogP) is 3.29. The van der Waals surface area contributed by atoms with E-state index in [-0.39, 0.29) is 56.0 Å². The zero-order valence-corrected chi connectivity index (χ0v) is 22.4. The molecule has 2 amide bonds. The Morgan fingerprint density at radius 1 is 1.08 bits per heavy atom. The molecule has 3 rings (SSSR count). The SMILES string of the molecule is CC(C)CNC(=O)[C@H](C)N(Cc1ccccc1F)C(=O)CCCN(c1ccc2c(c1)OCO2)S(C)(=O)=O. The van der Waals surface area contributed by atoms with E-state index in [1.807, 2.05) is 13.8 Å². The second-order valence-corrected chi connectivity index (χ2v) is 11.3. The van der Waals surface area contributed by atoms with Crippen LogP contribution in [0, 0.1) is 11.7 Å². The van der Waals surface area contributed by atoms with Crippen LogP contribution in [0.1, 0.15) is 39.2 Å². The first kappa shape index (κ1) is 28.2. The number of benzene rings is 2. The van der Waals surface area contributed by atoms with Crippen LogP contribution in [0.25, 0.3) is 0 Å². The van der Waals surface area contributed by atoms with Crippen LogP contribution < -0.4 is 19.1 Å². The van der Waals surface area contributed by atoms with Crippen molar-refractivity contribution < 1.29 is 31.9 Å². The van der Waals surface area contributed by atoms with Gasteiger partial charge < -0.3 is 19.7 Å². The Morgan fingerprint density at radius 2 is 1.78 bits per heavy atom. The van der Waals surface area contributed by atoms with Crippen LogP contribution in [0.5, 0.6) is 11.5 Å². The molecule has 0 spiro atoms. The molecule has 37 heavy (non-hydrogen) atoms. The largest absolute Gasteiger partial charge is 0.454 e. The van der Waals surface area contributed by atoms with Gasteiger partial charge in [-0.05, 0) is 37.5 Å². The van der Waals surface area contributed by atoms with Gasteiger partial charge in [-0.2, -0.15) is 0 Å². The minimum atomic E-state index is -3.65. The highest BCUT2D eigenvalue weighted by Crippen LogP contribution is 2.36. The summed E-state index contributed by atoms with van der Waals surface area (Å²) >= 11 is 0. The van der Waals surface area contributed by atoms with Gasteiger partial charge in [0.2, 0.25) is 28.6 Å². The summed E-state index contributed by atoms with van der Waals surface area (Å²) in [6.07, 6.45) is 1.24. The Morgan fingerprint density at radius 3 is 2.46 bits per heavy atom. The molecule has 9 nitrogen and oxygen atoms in total. The number of carbonyl (C=O) groups is 2. The van der Waals surface area contributed by atoms with E-state index in [4.69, 9.17) is 9.47 Å². The smallest absolute Gasteiger partial charge is 0.242 e. The third kappa shape index (κ3) is 7.58. The van der Waals surface area contributed by atoms with Crippen molar-refractivity contribution in [3.63, 3.8) is 0 Å². The van der Waals surface area contributed by atoms with Gasteiger partial charge in [0.05, 0.1) is 11.9 Å². The molecule has 1 aliphatic rings. The zero-order valence-electron chi connectivity index (χ0n) is 21.6. The molecular formula is C26H34FN3O6S. The van der Waals surface area contributed by atoms with Crippen LogP contribution in [0.3, 0.4) is 0 Å². The quantitative estimate of drug-likeness (QED) is 0.447. The molecule has 0 saturated carbocycles. The summed E-state index contributed by atoms with van der Waals surface area (Å²) in [6.45, 7) is 5.98. The number of anilines is 1. The molecule has 0 saturated heterocycles. The van der Waals surface area contributed by atoms with Gasteiger partial charge in [0, 0.05) is 37.7 Å². The van der Waals surface area contributed by atoms with Crippen LogP contribution >= 0.6 is 0 Å². The van der Waals surface area contributed by atoms with Crippen molar-refractivity contribution in [3.05, 3.63) is 53.8 Å². The maximum Gasteiger partial charge on any atom is 0.242 e. The first-order chi connectivity index (χ1) is 17.5. The van der Waals surface area contributed by atoms with E-state index in [0.717, 1.165) is 6.26 Å². The number of ether oxygens (including phenoxy) is 2. The molecule has 1 heterocycles. The molecule has 1 atom stereocenters. The van der Waals surface area contributed by atoms with E-state index in [1.54, 1.807) is 43.3 Å². The van der Waals surface area contributed by atoms with Crippen molar-refractivity contribution in [3.8, 4) is 11.5 Å². The number of rotatable bonds is 12. The fourth-order valence-corrected chi connectivity index (χ4v) is 4.85. The van der Waals surface area contributed by atoms with Gasteiger partial charge >= 0.3 is 0 Å². The third-order valence-electron chi connectivity index (χ3n) is 5.95. The maximum atomic E-state index is 14.4. The lowest BCUT2D eigenvalue weighted by Gasteiger charge is -2.29. The van der Waals surface area contributed by atoms with Crippen LogP contribution in [-0.4, -0.2) is 57.3 Å². The highest BCUT2D eigenvalue weighted by molar-refractivity contribution is 7.92. The molecule has 0 fully saturated rings. The number of carbonyl (C=O) groups excluding carboxylic acids is 2. The van der Waals surface area contributed by atoms with Crippen molar-refractivity contribution in [2.45, 2.75) is 46.2 Å². The standard InChI is InChI=1S/C26H34FN3O6S/c1-18(2)15-28-26(32)19(3)29(16-20-8-5-6-9-22(20)27)25(31)10-7-13-30(37(4,33)34)21-11-12-23-24(14-21)36-17-35-23/h5-6,8-9,11-12,14,18-19H,7,10,13,15-17H2,1-4H3,(H,28,32)/t19-/m0/s1. The fourth-order valence-electron chi connectivity index (χ4n) is 3.89. The van der Waals surface area contributed by atoms with Crippen molar-refractivity contribution >= 4 is 27.5 Å². The molecule has 0 unspecified atom stereocenters. The molecule has 1 aliphatic heterocycles. The van der Waals surface area contributed by atoms with E-state index in [9.17, 15) is 22.4 Å². The molecule has 0 aliphatic carbocycles. The first-order valence-corrected chi connectivity index (χ1v) is 14.0. The van der Waals surface area contributed by atoms with Gasteiger partial charge in [-0.15, -0.1) is 0 Å². The normalized spacial score (nSPS) is 13.4. The molecule has 11 heteroatoms. The van der Waals surface area contributed by atoms with E-state index < -0.39 is 21.9 Å². The van der Waals surface area contributed by atoms with Crippen LogP contribution in [0.4, 0.5) is 10.1 Å².